The monoisotopic (exact) mass is 308 g/mol. The molecule has 6 nitrogen and oxygen atoms in total. The SMILES string of the molecule is COCCOc1ncc(NC(=O)[C@](C)(OC)C2CC2)cc1C. The summed E-state index contributed by atoms with van der Waals surface area (Å²) < 4.78 is 15.9. The van der Waals surface area contributed by atoms with E-state index in [0.717, 1.165) is 18.4 Å². The summed E-state index contributed by atoms with van der Waals surface area (Å²) in [4.78, 5) is 16.7. The number of aryl methyl sites for hydroxylation is 1. The van der Waals surface area contributed by atoms with Gasteiger partial charge in [-0.05, 0) is 38.7 Å². The number of aromatic nitrogens is 1. The summed E-state index contributed by atoms with van der Waals surface area (Å²) in [7, 11) is 3.20. The van der Waals surface area contributed by atoms with E-state index in [9.17, 15) is 4.79 Å². The number of amides is 1. The first-order chi connectivity index (χ1) is 10.5. The van der Waals surface area contributed by atoms with Crippen molar-refractivity contribution in [2.75, 3.05) is 32.8 Å². The first kappa shape index (κ1) is 16.7. The van der Waals surface area contributed by atoms with E-state index in [0.29, 0.717) is 30.7 Å². The fraction of sp³-hybridized carbons (Fsp3) is 0.625. The number of nitrogens with zero attached hydrogens (tertiary/aromatic N) is 1. The fourth-order valence-corrected chi connectivity index (χ4v) is 2.34. The smallest absolute Gasteiger partial charge is 0.256 e. The molecule has 22 heavy (non-hydrogen) atoms. The summed E-state index contributed by atoms with van der Waals surface area (Å²) in [5, 5.41) is 2.88. The van der Waals surface area contributed by atoms with Crippen LogP contribution in [-0.4, -0.2) is 43.9 Å². The summed E-state index contributed by atoms with van der Waals surface area (Å²) in [6.45, 7) is 4.68. The lowest BCUT2D eigenvalue weighted by Crippen LogP contribution is -2.44. The normalized spacial score (nSPS) is 16.9. The van der Waals surface area contributed by atoms with Crippen LogP contribution in [0.5, 0.6) is 5.88 Å². The predicted molar refractivity (Wildman–Crippen MR) is 83.1 cm³/mol. The molecular weight excluding hydrogens is 284 g/mol. The van der Waals surface area contributed by atoms with Gasteiger partial charge in [-0.2, -0.15) is 0 Å². The second kappa shape index (κ2) is 7.07. The Morgan fingerprint density at radius 3 is 2.68 bits per heavy atom. The highest BCUT2D eigenvalue weighted by molar-refractivity contribution is 5.97. The summed E-state index contributed by atoms with van der Waals surface area (Å²) in [6.07, 6.45) is 3.65. The Bertz CT molecular complexity index is 531. The Morgan fingerprint density at radius 1 is 1.41 bits per heavy atom. The first-order valence-corrected chi connectivity index (χ1v) is 7.46. The molecule has 0 aliphatic heterocycles. The van der Waals surface area contributed by atoms with Crippen molar-refractivity contribution in [3.05, 3.63) is 17.8 Å². The van der Waals surface area contributed by atoms with Gasteiger partial charge in [-0.3, -0.25) is 4.79 Å². The second-order valence-electron chi connectivity index (χ2n) is 5.73. The topological polar surface area (TPSA) is 69.7 Å². The van der Waals surface area contributed by atoms with E-state index in [1.807, 2.05) is 19.9 Å². The van der Waals surface area contributed by atoms with Crippen LogP contribution in [0.15, 0.2) is 12.3 Å². The summed E-state index contributed by atoms with van der Waals surface area (Å²) in [5.41, 5.74) is 0.728. The van der Waals surface area contributed by atoms with Crippen molar-refractivity contribution in [3.63, 3.8) is 0 Å². The maximum absolute atomic E-state index is 12.4. The van der Waals surface area contributed by atoms with Gasteiger partial charge < -0.3 is 19.5 Å². The number of hydrogen-bond donors (Lipinski definition) is 1. The standard InChI is InChI=1S/C16H24N2O4/c1-11-9-13(10-17-14(11)22-8-7-20-3)18-15(19)16(2,21-4)12-5-6-12/h9-10,12H,5-8H2,1-4H3,(H,18,19)/t16-/m1/s1. The van der Waals surface area contributed by atoms with Crippen molar-refractivity contribution in [1.82, 2.24) is 4.98 Å². The number of hydrogen-bond acceptors (Lipinski definition) is 5. The van der Waals surface area contributed by atoms with Crippen LogP contribution in [0, 0.1) is 12.8 Å². The molecule has 1 aliphatic carbocycles. The van der Waals surface area contributed by atoms with Crippen molar-refractivity contribution < 1.29 is 19.0 Å². The minimum atomic E-state index is -0.776. The second-order valence-corrected chi connectivity index (χ2v) is 5.73. The van der Waals surface area contributed by atoms with E-state index < -0.39 is 5.60 Å². The molecule has 0 spiro atoms. The molecular formula is C16H24N2O4. The van der Waals surface area contributed by atoms with Crippen LogP contribution >= 0.6 is 0 Å². The van der Waals surface area contributed by atoms with Gasteiger partial charge in [0.1, 0.15) is 12.2 Å². The number of carbonyl (C=O) groups excluding carboxylic acids is 1. The molecule has 122 valence electrons. The molecule has 1 N–H and O–H groups in total. The van der Waals surface area contributed by atoms with Crippen molar-refractivity contribution in [3.8, 4) is 5.88 Å². The molecule has 1 atom stereocenters. The van der Waals surface area contributed by atoms with Gasteiger partial charge in [0.25, 0.3) is 5.91 Å². The molecule has 1 saturated carbocycles. The van der Waals surface area contributed by atoms with Gasteiger partial charge in [0.15, 0.2) is 0 Å². The Kier molecular flexibility index (Phi) is 5.37. The molecule has 0 aromatic carbocycles. The van der Waals surface area contributed by atoms with Crippen LogP contribution in [-0.2, 0) is 14.3 Å². The molecule has 0 bridgehead atoms. The predicted octanol–water partition coefficient (Wildman–Crippen LogP) is 2.17. The van der Waals surface area contributed by atoms with E-state index in [4.69, 9.17) is 14.2 Å². The minimum Gasteiger partial charge on any atom is -0.475 e. The summed E-state index contributed by atoms with van der Waals surface area (Å²) >= 11 is 0. The number of pyridine rings is 1. The van der Waals surface area contributed by atoms with Gasteiger partial charge in [-0.1, -0.05) is 0 Å². The van der Waals surface area contributed by atoms with Gasteiger partial charge >= 0.3 is 0 Å². The Labute approximate surface area is 131 Å². The highest BCUT2D eigenvalue weighted by atomic mass is 16.5. The zero-order valence-corrected chi connectivity index (χ0v) is 13.6. The lowest BCUT2D eigenvalue weighted by Gasteiger charge is -2.26. The minimum absolute atomic E-state index is 0.133. The van der Waals surface area contributed by atoms with Crippen molar-refractivity contribution >= 4 is 11.6 Å². The molecule has 0 radical (unpaired) electrons. The molecule has 2 rings (SSSR count). The number of ether oxygens (including phenoxy) is 3. The van der Waals surface area contributed by atoms with Gasteiger partial charge in [0, 0.05) is 19.8 Å². The van der Waals surface area contributed by atoms with E-state index in [1.54, 1.807) is 20.4 Å². The molecule has 0 unspecified atom stereocenters. The van der Waals surface area contributed by atoms with Gasteiger partial charge in [0.05, 0.1) is 18.5 Å². The third kappa shape index (κ3) is 3.75. The quantitative estimate of drug-likeness (QED) is 0.745. The highest BCUT2D eigenvalue weighted by Crippen LogP contribution is 2.42. The third-order valence-corrected chi connectivity index (χ3v) is 4.05. The maximum atomic E-state index is 12.4. The lowest BCUT2D eigenvalue weighted by atomic mass is 9.99. The first-order valence-electron chi connectivity index (χ1n) is 7.46. The molecule has 1 aliphatic rings. The summed E-state index contributed by atoms with van der Waals surface area (Å²) in [5.74, 6) is 0.710. The number of rotatable bonds is 8. The van der Waals surface area contributed by atoms with Crippen LogP contribution < -0.4 is 10.1 Å². The molecule has 0 saturated heterocycles. The molecule has 1 aromatic heterocycles. The average Bonchev–Trinajstić information content (AvgIpc) is 3.34. The molecule has 6 heteroatoms. The van der Waals surface area contributed by atoms with Crippen LogP contribution in [0.2, 0.25) is 0 Å². The number of carbonyl (C=O) groups is 1. The molecule has 1 aromatic rings. The van der Waals surface area contributed by atoms with E-state index >= 15 is 0 Å². The molecule has 1 fully saturated rings. The van der Waals surface area contributed by atoms with Gasteiger partial charge in [0.2, 0.25) is 5.88 Å². The number of nitrogens with one attached hydrogen (secondary N) is 1. The fourth-order valence-electron chi connectivity index (χ4n) is 2.34. The highest BCUT2D eigenvalue weighted by Gasteiger charge is 2.47. The maximum Gasteiger partial charge on any atom is 0.256 e. The van der Waals surface area contributed by atoms with Crippen LogP contribution in [0.1, 0.15) is 25.3 Å². The number of methoxy groups -OCH3 is 2. The Morgan fingerprint density at radius 2 is 2.14 bits per heavy atom. The van der Waals surface area contributed by atoms with Crippen LogP contribution in [0.25, 0.3) is 0 Å². The van der Waals surface area contributed by atoms with Gasteiger partial charge in [-0.15, -0.1) is 0 Å². The Balaban J connectivity index is 2.01. The van der Waals surface area contributed by atoms with Crippen molar-refractivity contribution in [2.45, 2.75) is 32.3 Å². The van der Waals surface area contributed by atoms with Crippen molar-refractivity contribution in [2.24, 2.45) is 5.92 Å². The zero-order chi connectivity index (χ0) is 16.2. The largest absolute Gasteiger partial charge is 0.475 e. The molecule has 1 heterocycles. The van der Waals surface area contributed by atoms with Crippen LogP contribution in [0.3, 0.4) is 0 Å². The lowest BCUT2D eigenvalue weighted by molar-refractivity contribution is -0.138. The van der Waals surface area contributed by atoms with E-state index in [-0.39, 0.29) is 5.91 Å². The summed E-state index contributed by atoms with van der Waals surface area (Å²) in [6, 6.07) is 1.84. The average molecular weight is 308 g/mol. The molecule has 1 amide bonds. The van der Waals surface area contributed by atoms with Crippen LogP contribution in [0.4, 0.5) is 5.69 Å². The number of anilines is 1. The third-order valence-electron chi connectivity index (χ3n) is 4.05. The van der Waals surface area contributed by atoms with Crippen molar-refractivity contribution in [1.29, 1.82) is 0 Å². The van der Waals surface area contributed by atoms with E-state index in [2.05, 4.69) is 10.3 Å². The zero-order valence-electron chi connectivity index (χ0n) is 13.6. The van der Waals surface area contributed by atoms with Gasteiger partial charge in [-0.25, -0.2) is 4.98 Å². The van der Waals surface area contributed by atoms with E-state index in [1.165, 1.54) is 0 Å². The Hall–Kier alpha value is -1.66.